The van der Waals surface area contributed by atoms with Crippen molar-refractivity contribution in [3.8, 4) is 0 Å². The number of carbonyl (C=O) groups is 1. The quantitative estimate of drug-likeness (QED) is 0.660. The van der Waals surface area contributed by atoms with Crippen LogP contribution in [0.4, 0.5) is 0 Å². The smallest absolute Gasteiger partial charge is 0.310 e. The van der Waals surface area contributed by atoms with E-state index >= 15 is 0 Å². The third-order valence-corrected chi connectivity index (χ3v) is 5.43. The Hall–Kier alpha value is -1.10. The summed E-state index contributed by atoms with van der Waals surface area (Å²) < 4.78 is 10.9. The van der Waals surface area contributed by atoms with E-state index in [0.29, 0.717) is 28.5 Å². The van der Waals surface area contributed by atoms with Gasteiger partial charge in [-0.05, 0) is 56.2 Å². The number of aliphatic imine (C=N–C) groups is 1. The summed E-state index contributed by atoms with van der Waals surface area (Å²) in [5, 5.41) is 0.961. The van der Waals surface area contributed by atoms with Crippen molar-refractivity contribution in [1.82, 2.24) is 0 Å². The van der Waals surface area contributed by atoms with Crippen LogP contribution in [0, 0.1) is 0 Å². The molecule has 25 heavy (non-hydrogen) atoms. The number of hydrogen-bond acceptors (Lipinski definition) is 4. The third-order valence-electron chi connectivity index (χ3n) is 4.78. The Morgan fingerprint density at radius 2 is 2.16 bits per heavy atom. The lowest BCUT2D eigenvalue weighted by Gasteiger charge is -2.23. The highest BCUT2D eigenvalue weighted by Gasteiger charge is 2.29. The summed E-state index contributed by atoms with van der Waals surface area (Å²) in [7, 11) is 0. The first-order chi connectivity index (χ1) is 12.1. The molecule has 6 heteroatoms. The van der Waals surface area contributed by atoms with Crippen LogP contribution in [0.1, 0.15) is 61.8 Å². The van der Waals surface area contributed by atoms with E-state index in [2.05, 4.69) is 4.99 Å². The summed E-state index contributed by atoms with van der Waals surface area (Å²) in [6.45, 7) is 2.99. The number of nitrogens with zero attached hydrogens (tertiary/aromatic N) is 1. The van der Waals surface area contributed by atoms with Crippen molar-refractivity contribution in [2.45, 2.75) is 57.6 Å². The van der Waals surface area contributed by atoms with E-state index in [0.717, 1.165) is 43.4 Å². The summed E-state index contributed by atoms with van der Waals surface area (Å²) in [5.41, 5.74) is 2.56. The molecule has 1 aromatic rings. The molecule has 1 fully saturated rings. The lowest BCUT2D eigenvalue weighted by molar-refractivity contribution is -0.142. The van der Waals surface area contributed by atoms with E-state index in [4.69, 9.17) is 32.7 Å². The molecule has 2 unspecified atom stereocenters. The fourth-order valence-corrected chi connectivity index (χ4v) is 4.13. The molecule has 1 saturated heterocycles. The first-order valence-electron chi connectivity index (χ1n) is 8.92. The molecule has 0 aromatic heterocycles. The van der Waals surface area contributed by atoms with E-state index in [1.807, 2.05) is 12.1 Å². The van der Waals surface area contributed by atoms with Gasteiger partial charge >= 0.3 is 5.97 Å². The fraction of sp³-hybridized carbons (Fsp3) is 0.579. The van der Waals surface area contributed by atoms with E-state index < -0.39 is 0 Å². The Morgan fingerprint density at radius 3 is 2.88 bits per heavy atom. The summed E-state index contributed by atoms with van der Waals surface area (Å²) in [6.07, 6.45) is 5.78. The molecule has 3 rings (SSSR count). The molecule has 2 aliphatic rings. The van der Waals surface area contributed by atoms with E-state index in [1.165, 1.54) is 6.42 Å². The van der Waals surface area contributed by atoms with Gasteiger partial charge in [0.2, 0.25) is 0 Å². The highest BCUT2D eigenvalue weighted by Crippen LogP contribution is 2.39. The maximum atomic E-state index is 11.9. The maximum absolute atomic E-state index is 11.9. The molecule has 2 heterocycles. The van der Waals surface area contributed by atoms with Crippen molar-refractivity contribution in [3.05, 3.63) is 33.8 Å². The Bertz CT molecular complexity index is 669. The minimum atomic E-state index is -0.304. The maximum Gasteiger partial charge on any atom is 0.310 e. The van der Waals surface area contributed by atoms with Gasteiger partial charge in [-0.15, -0.1) is 0 Å². The SMILES string of the molecule is CCOC(=O)Cc1c(Cl)ccc2c1C(Cl)=NC2CCC1CCCCO1. The van der Waals surface area contributed by atoms with Crippen LogP contribution in [0.3, 0.4) is 0 Å². The van der Waals surface area contributed by atoms with Crippen LogP contribution in [0.2, 0.25) is 5.02 Å². The van der Waals surface area contributed by atoms with Crippen LogP contribution in [-0.4, -0.2) is 30.5 Å². The monoisotopic (exact) mass is 383 g/mol. The van der Waals surface area contributed by atoms with Crippen molar-refractivity contribution in [2.24, 2.45) is 4.99 Å². The van der Waals surface area contributed by atoms with Crippen molar-refractivity contribution < 1.29 is 14.3 Å². The molecule has 0 spiro atoms. The summed E-state index contributed by atoms with van der Waals surface area (Å²) >= 11 is 12.7. The third kappa shape index (κ3) is 4.36. The van der Waals surface area contributed by atoms with Gasteiger partial charge in [0.05, 0.1) is 25.2 Å². The molecular formula is C19H23Cl2NO3. The molecule has 0 N–H and O–H groups in total. The second-order valence-electron chi connectivity index (χ2n) is 6.47. The van der Waals surface area contributed by atoms with Gasteiger partial charge in [0.15, 0.2) is 0 Å². The first-order valence-corrected chi connectivity index (χ1v) is 9.68. The van der Waals surface area contributed by atoms with Crippen molar-refractivity contribution >= 4 is 34.3 Å². The Kier molecular flexibility index (Phi) is 6.37. The van der Waals surface area contributed by atoms with Gasteiger partial charge in [-0.3, -0.25) is 9.79 Å². The second-order valence-corrected chi connectivity index (χ2v) is 7.24. The van der Waals surface area contributed by atoms with Crippen LogP contribution in [0.5, 0.6) is 0 Å². The van der Waals surface area contributed by atoms with Gasteiger partial charge in [0.25, 0.3) is 0 Å². The Morgan fingerprint density at radius 1 is 1.32 bits per heavy atom. The summed E-state index contributed by atoms with van der Waals surface area (Å²) in [5.74, 6) is -0.304. The van der Waals surface area contributed by atoms with Crippen LogP contribution >= 0.6 is 23.2 Å². The van der Waals surface area contributed by atoms with Crippen LogP contribution in [-0.2, 0) is 20.7 Å². The minimum Gasteiger partial charge on any atom is -0.466 e. The number of benzene rings is 1. The van der Waals surface area contributed by atoms with Gasteiger partial charge in [0.1, 0.15) is 5.17 Å². The molecule has 1 aromatic carbocycles. The number of halogens is 2. The molecule has 2 aliphatic heterocycles. The van der Waals surface area contributed by atoms with Gasteiger partial charge in [-0.25, -0.2) is 0 Å². The van der Waals surface area contributed by atoms with Crippen molar-refractivity contribution in [2.75, 3.05) is 13.2 Å². The molecule has 2 atom stereocenters. The second kappa shape index (κ2) is 8.52. The molecule has 0 radical (unpaired) electrons. The van der Waals surface area contributed by atoms with Gasteiger partial charge in [-0.2, -0.15) is 0 Å². The molecule has 0 aliphatic carbocycles. The van der Waals surface area contributed by atoms with E-state index in [1.54, 1.807) is 6.92 Å². The molecule has 0 saturated carbocycles. The largest absolute Gasteiger partial charge is 0.466 e. The predicted molar refractivity (Wildman–Crippen MR) is 99.7 cm³/mol. The first kappa shape index (κ1) is 18.7. The van der Waals surface area contributed by atoms with Gasteiger partial charge in [-0.1, -0.05) is 29.3 Å². The highest BCUT2D eigenvalue weighted by molar-refractivity contribution is 6.70. The molecule has 0 bridgehead atoms. The lowest BCUT2D eigenvalue weighted by atomic mass is 9.93. The lowest BCUT2D eigenvalue weighted by Crippen LogP contribution is -2.19. The van der Waals surface area contributed by atoms with Crippen molar-refractivity contribution in [1.29, 1.82) is 0 Å². The number of esters is 1. The van der Waals surface area contributed by atoms with E-state index in [-0.39, 0.29) is 18.4 Å². The summed E-state index contributed by atoms with van der Waals surface area (Å²) in [4.78, 5) is 16.5. The fourth-order valence-electron chi connectivity index (χ4n) is 3.56. The van der Waals surface area contributed by atoms with Gasteiger partial charge < -0.3 is 9.47 Å². The molecular weight excluding hydrogens is 361 g/mol. The Balaban J connectivity index is 1.76. The zero-order valence-corrected chi connectivity index (χ0v) is 15.9. The topological polar surface area (TPSA) is 47.9 Å². The van der Waals surface area contributed by atoms with Crippen LogP contribution < -0.4 is 0 Å². The normalized spacial score (nSPS) is 22.4. The number of rotatable bonds is 6. The number of ether oxygens (including phenoxy) is 2. The summed E-state index contributed by atoms with van der Waals surface area (Å²) in [6, 6.07) is 3.80. The zero-order chi connectivity index (χ0) is 17.8. The average molecular weight is 384 g/mol. The average Bonchev–Trinajstić information content (AvgIpc) is 2.93. The Labute approximate surface area is 158 Å². The van der Waals surface area contributed by atoms with Crippen LogP contribution in [0.25, 0.3) is 0 Å². The van der Waals surface area contributed by atoms with Crippen LogP contribution in [0.15, 0.2) is 17.1 Å². The number of hydrogen-bond donors (Lipinski definition) is 0. The van der Waals surface area contributed by atoms with E-state index in [9.17, 15) is 4.79 Å². The van der Waals surface area contributed by atoms with Crippen molar-refractivity contribution in [3.63, 3.8) is 0 Å². The zero-order valence-electron chi connectivity index (χ0n) is 14.4. The minimum absolute atomic E-state index is 0.00578. The molecule has 0 amide bonds. The number of fused-ring (bicyclic) bond motifs is 1. The number of carbonyl (C=O) groups excluding carboxylic acids is 1. The molecule has 136 valence electrons. The highest BCUT2D eigenvalue weighted by atomic mass is 35.5. The standard InChI is InChI=1S/C19H23Cl2NO3/c1-2-24-17(23)11-14-15(20)8-7-13-16(22-19(21)18(13)14)9-6-12-5-3-4-10-25-12/h7-8,12,16H,2-6,9-11H2,1H3. The molecule has 4 nitrogen and oxygen atoms in total. The van der Waals surface area contributed by atoms with Gasteiger partial charge in [0, 0.05) is 17.2 Å². The predicted octanol–water partition coefficient (Wildman–Crippen LogP) is 4.84.